The molecule has 0 radical (unpaired) electrons. The smallest absolute Gasteiger partial charge is 0.259 e. The Kier molecular flexibility index (Phi) is 5.71. The highest BCUT2D eigenvalue weighted by Crippen LogP contribution is 2.37. The van der Waals surface area contributed by atoms with E-state index in [0.29, 0.717) is 42.9 Å². The minimum absolute atomic E-state index is 0.0588. The van der Waals surface area contributed by atoms with Crippen LogP contribution in [-0.2, 0) is 11.2 Å². The molecule has 1 atom stereocenters. The fourth-order valence-electron chi connectivity index (χ4n) is 4.50. The molecule has 0 bridgehead atoms. The van der Waals surface area contributed by atoms with Gasteiger partial charge in [-0.15, -0.1) is 0 Å². The number of aryl methyl sites for hydroxylation is 2. The number of carbonyl (C=O) groups is 2. The quantitative estimate of drug-likeness (QED) is 0.601. The Morgan fingerprint density at radius 1 is 1.16 bits per heavy atom. The first-order valence-electron chi connectivity index (χ1n) is 10.4. The van der Waals surface area contributed by atoms with E-state index in [0.717, 1.165) is 5.56 Å². The summed E-state index contributed by atoms with van der Waals surface area (Å²) < 4.78 is 5.18. The molecule has 0 aliphatic carbocycles. The van der Waals surface area contributed by atoms with Crippen molar-refractivity contribution in [2.75, 3.05) is 27.2 Å². The van der Waals surface area contributed by atoms with Crippen molar-refractivity contribution < 1.29 is 14.1 Å². The number of nitrogens with zero attached hydrogens (tertiary/aromatic N) is 3. The van der Waals surface area contributed by atoms with Gasteiger partial charge in [0.25, 0.3) is 5.91 Å². The van der Waals surface area contributed by atoms with Gasteiger partial charge in [0, 0.05) is 27.2 Å². The lowest BCUT2D eigenvalue weighted by Gasteiger charge is -2.31. The molecule has 162 valence electrons. The molecule has 0 spiro atoms. The Bertz CT molecular complexity index is 1070. The molecule has 0 N–H and O–H groups in total. The van der Waals surface area contributed by atoms with E-state index in [-0.39, 0.29) is 11.8 Å². The molecule has 2 aromatic heterocycles. The van der Waals surface area contributed by atoms with Gasteiger partial charge in [-0.1, -0.05) is 29.4 Å². The van der Waals surface area contributed by atoms with Crippen LogP contribution in [0.3, 0.4) is 0 Å². The molecule has 1 fully saturated rings. The summed E-state index contributed by atoms with van der Waals surface area (Å²) in [7, 11) is 3.56. The molecule has 1 aromatic carbocycles. The molecular weight excluding hydrogens is 410 g/mol. The Hall–Kier alpha value is -2.93. The van der Waals surface area contributed by atoms with Gasteiger partial charge in [-0.05, 0) is 60.2 Å². The number of thiophene rings is 1. The van der Waals surface area contributed by atoms with Gasteiger partial charge in [0.05, 0.1) is 11.1 Å². The average Bonchev–Trinajstić information content (AvgIpc) is 3.49. The van der Waals surface area contributed by atoms with Crippen molar-refractivity contribution in [1.29, 1.82) is 0 Å². The standard InChI is InChI=1S/C24H27N3O3S/c1-16-21(17(2)30-25-16)22(28)27-11-10-24(15-27,23(29)26(3)4)13-18-5-7-19(8-6-18)20-9-12-31-14-20/h5-9,12,14H,10-11,13,15H2,1-4H3. The summed E-state index contributed by atoms with van der Waals surface area (Å²) >= 11 is 1.68. The van der Waals surface area contributed by atoms with Gasteiger partial charge in [-0.2, -0.15) is 11.3 Å². The topological polar surface area (TPSA) is 66.7 Å². The van der Waals surface area contributed by atoms with Crippen LogP contribution in [0.2, 0.25) is 0 Å². The molecule has 6 nitrogen and oxygen atoms in total. The van der Waals surface area contributed by atoms with E-state index in [2.05, 4.69) is 46.2 Å². The first-order valence-corrected chi connectivity index (χ1v) is 11.3. The summed E-state index contributed by atoms with van der Waals surface area (Å²) in [4.78, 5) is 29.8. The van der Waals surface area contributed by atoms with E-state index in [1.165, 1.54) is 11.1 Å². The van der Waals surface area contributed by atoms with Crippen molar-refractivity contribution in [2.45, 2.75) is 26.7 Å². The van der Waals surface area contributed by atoms with E-state index in [1.54, 1.807) is 49.1 Å². The van der Waals surface area contributed by atoms with Gasteiger partial charge in [-0.25, -0.2) is 0 Å². The summed E-state index contributed by atoms with van der Waals surface area (Å²) in [6.07, 6.45) is 1.23. The van der Waals surface area contributed by atoms with Crippen LogP contribution in [0.1, 0.15) is 33.8 Å². The molecular formula is C24H27N3O3S. The van der Waals surface area contributed by atoms with Crippen molar-refractivity contribution in [3.05, 3.63) is 63.7 Å². The van der Waals surface area contributed by atoms with Crippen molar-refractivity contribution in [2.24, 2.45) is 5.41 Å². The van der Waals surface area contributed by atoms with Gasteiger partial charge in [0.2, 0.25) is 5.91 Å². The van der Waals surface area contributed by atoms with Crippen LogP contribution in [-0.4, -0.2) is 54.0 Å². The van der Waals surface area contributed by atoms with Crippen LogP contribution >= 0.6 is 11.3 Å². The predicted octanol–water partition coefficient (Wildman–Crippen LogP) is 4.18. The number of amides is 2. The Balaban J connectivity index is 1.58. The zero-order valence-corrected chi connectivity index (χ0v) is 19.2. The van der Waals surface area contributed by atoms with Crippen molar-refractivity contribution >= 4 is 23.2 Å². The third-order valence-corrected chi connectivity index (χ3v) is 6.78. The van der Waals surface area contributed by atoms with Gasteiger partial charge in [0.15, 0.2) is 0 Å². The highest BCUT2D eigenvalue weighted by molar-refractivity contribution is 7.08. The number of benzene rings is 1. The van der Waals surface area contributed by atoms with E-state index < -0.39 is 5.41 Å². The van der Waals surface area contributed by atoms with Crippen molar-refractivity contribution in [1.82, 2.24) is 15.0 Å². The van der Waals surface area contributed by atoms with Crippen LogP contribution in [0.4, 0.5) is 0 Å². The molecule has 31 heavy (non-hydrogen) atoms. The predicted molar refractivity (Wildman–Crippen MR) is 121 cm³/mol. The molecule has 0 saturated carbocycles. The second kappa shape index (κ2) is 8.30. The number of hydrogen-bond donors (Lipinski definition) is 0. The third kappa shape index (κ3) is 4.02. The third-order valence-electron chi connectivity index (χ3n) is 6.10. The van der Waals surface area contributed by atoms with E-state index in [9.17, 15) is 9.59 Å². The highest BCUT2D eigenvalue weighted by Gasteiger charge is 2.47. The summed E-state index contributed by atoms with van der Waals surface area (Å²) in [5, 5.41) is 8.10. The number of carbonyl (C=O) groups excluding carboxylic acids is 2. The van der Waals surface area contributed by atoms with Crippen LogP contribution in [0.5, 0.6) is 0 Å². The normalized spacial score (nSPS) is 18.4. The Labute approximate surface area is 186 Å². The van der Waals surface area contributed by atoms with Gasteiger partial charge in [-0.3, -0.25) is 9.59 Å². The lowest BCUT2D eigenvalue weighted by molar-refractivity contribution is -0.138. The number of rotatable bonds is 5. The second-order valence-corrected chi connectivity index (χ2v) is 9.32. The first kappa shape index (κ1) is 21.3. The summed E-state index contributed by atoms with van der Waals surface area (Å²) in [6, 6.07) is 10.5. The van der Waals surface area contributed by atoms with E-state index in [1.807, 2.05) is 0 Å². The highest BCUT2D eigenvalue weighted by atomic mass is 32.1. The SMILES string of the molecule is Cc1noc(C)c1C(=O)N1CCC(Cc2ccc(-c3ccsc3)cc2)(C(=O)N(C)C)C1. The first-order chi connectivity index (χ1) is 14.8. The van der Waals surface area contributed by atoms with Crippen molar-refractivity contribution in [3.63, 3.8) is 0 Å². The van der Waals surface area contributed by atoms with Crippen LogP contribution in [0.25, 0.3) is 11.1 Å². The lowest BCUT2D eigenvalue weighted by Crippen LogP contribution is -2.44. The molecule has 3 aromatic rings. The monoisotopic (exact) mass is 437 g/mol. The van der Waals surface area contributed by atoms with Crippen LogP contribution in [0, 0.1) is 19.3 Å². The summed E-state index contributed by atoms with van der Waals surface area (Å²) in [6.45, 7) is 4.44. The molecule has 4 rings (SSSR count). The molecule has 2 amide bonds. The molecule has 1 aliphatic heterocycles. The van der Waals surface area contributed by atoms with Crippen LogP contribution < -0.4 is 0 Å². The molecule has 3 heterocycles. The Morgan fingerprint density at radius 2 is 1.90 bits per heavy atom. The lowest BCUT2D eigenvalue weighted by atomic mass is 9.79. The maximum Gasteiger partial charge on any atom is 0.259 e. The zero-order valence-electron chi connectivity index (χ0n) is 18.3. The summed E-state index contributed by atoms with van der Waals surface area (Å²) in [5.74, 6) is 0.462. The number of hydrogen-bond acceptors (Lipinski definition) is 5. The fraction of sp³-hybridized carbons (Fsp3) is 0.375. The fourth-order valence-corrected chi connectivity index (χ4v) is 5.16. The number of aromatic nitrogens is 1. The molecule has 7 heteroatoms. The average molecular weight is 438 g/mol. The van der Waals surface area contributed by atoms with Gasteiger partial charge in [0.1, 0.15) is 11.3 Å². The molecule has 1 aliphatic rings. The van der Waals surface area contributed by atoms with Crippen LogP contribution in [0.15, 0.2) is 45.6 Å². The van der Waals surface area contributed by atoms with Crippen molar-refractivity contribution in [3.8, 4) is 11.1 Å². The van der Waals surface area contributed by atoms with E-state index in [4.69, 9.17) is 4.52 Å². The zero-order chi connectivity index (χ0) is 22.2. The number of likely N-dealkylation sites (tertiary alicyclic amines) is 1. The maximum atomic E-state index is 13.3. The molecule has 1 unspecified atom stereocenters. The Morgan fingerprint density at radius 3 is 2.48 bits per heavy atom. The largest absolute Gasteiger partial charge is 0.361 e. The minimum Gasteiger partial charge on any atom is -0.361 e. The summed E-state index contributed by atoms with van der Waals surface area (Å²) in [5.41, 5.74) is 3.92. The minimum atomic E-state index is -0.637. The van der Waals surface area contributed by atoms with Gasteiger partial charge >= 0.3 is 0 Å². The second-order valence-electron chi connectivity index (χ2n) is 8.54. The maximum absolute atomic E-state index is 13.3. The van der Waals surface area contributed by atoms with E-state index >= 15 is 0 Å². The van der Waals surface area contributed by atoms with Gasteiger partial charge < -0.3 is 14.3 Å². The molecule has 1 saturated heterocycles.